The van der Waals surface area contributed by atoms with Crippen LogP contribution in [-0.2, 0) is 91.4 Å². The van der Waals surface area contributed by atoms with Gasteiger partial charge in [0, 0.05) is 87.7 Å². The van der Waals surface area contributed by atoms with Gasteiger partial charge in [0.05, 0.1) is 148 Å². The van der Waals surface area contributed by atoms with Crippen molar-refractivity contribution < 1.29 is 116 Å². The third-order valence-corrected chi connectivity index (χ3v) is 23.2. The number of fused-ring (bicyclic) bond motifs is 5. The van der Waals surface area contributed by atoms with Crippen LogP contribution < -0.4 is 41.6 Å². The molecule has 0 saturated heterocycles. The number of unbranched alkanes of at least 4 members (excludes halogenated alkanes) is 1. The Morgan fingerprint density at radius 2 is 1.28 bits per heavy atom. The fourth-order valence-electron chi connectivity index (χ4n) is 14.0. The van der Waals surface area contributed by atoms with Crippen molar-refractivity contribution in [1.82, 2.24) is 31.2 Å². The zero-order chi connectivity index (χ0) is 91.7. The summed E-state index contributed by atoms with van der Waals surface area (Å²) in [6, 6.07) is 34.3. The molecule has 3 heterocycles. The molecular formula is C88H109Cl2F6N12O18S+. The van der Waals surface area contributed by atoms with Crippen molar-refractivity contribution in [3.63, 3.8) is 0 Å². The Hall–Kier alpha value is -10.2. The van der Waals surface area contributed by atoms with Gasteiger partial charge in [0.1, 0.15) is 13.2 Å². The van der Waals surface area contributed by atoms with Gasteiger partial charge in [-0.3, -0.25) is 29.0 Å². The molecule has 1 aromatic heterocycles. The number of anilines is 3. The molecule has 7 amide bonds. The second kappa shape index (κ2) is 49.4. The van der Waals surface area contributed by atoms with Crippen molar-refractivity contribution in [3.8, 4) is 33.6 Å². The molecule has 8 N–H and O–H groups in total. The monoisotopic (exact) mass is 1840 g/mol. The molecule has 1 unspecified atom stereocenters. The molecule has 7 aromatic rings. The molecule has 2 aliphatic heterocycles. The number of halogens is 8. The first-order chi connectivity index (χ1) is 60.8. The second-order valence-corrected chi connectivity index (χ2v) is 33.3. The van der Waals surface area contributed by atoms with E-state index < -0.39 is 93.4 Å². The Labute approximate surface area is 743 Å². The van der Waals surface area contributed by atoms with Gasteiger partial charge in [-0.1, -0.05) is 147 Å². The number of hydrogen-bond acceptors (Lipinski definition) is 21. The highest BCUT2D eigenvalue weighted by Gasteiger charge is 2.74. The number of rotatable bonds is 52. The molecule has 9 rings (SSSR count). The number of carbonyl (C=O) groups is 7. The number of amides is 7. The zero-order valence-corrected chi connectivity index (χ0v) is 73.4. The van der Waals surface area contributed by atoms with Crippen LogP contribution in [-0.4, -0.2) is 225 Å². The van der Waals surface area contributed by atoms with Crippen molar-refractivity contribution >= 4 is 97.3 Å². The summed E-state index contributed by atoms with van der Waals surface area (Å²) in [5.74, 6) is -3.55. The van der Waals surface area contributed by atoms with Crippen molar-refractivity contribution in [2.75, 3.05) is 140 Å². The topological polar surface area (TPSA) is 376 Å². The Bertz CT molecular complexity index is 4910. The maximum atomic E-state index is 14.1. The lowest BCUT2D eigenvalue weighted by Crippen LogP contribution is -2.62. The molecule has 0 saturated carbocycles. The number of nitrogens with one attached hydrogen (secondary N) is 5. The number of para-hydroxylation sites is 2. The quantitative estimate of drug-likeness (QED) is 0.0106. The van der Waals surface area contributed by atoms with E-state index in [0.717, 1.165) is 46.8 Å². The van der Waals surface area contributed by atoms with Crippen LogP contribution >= 0.6 is 23.2 Å². The molecule has 0 radical (unpaired) electrons. The van der Waals surface area contributed by atoms with Crippen LogP contribution in [0.3, 0.4) is 0 Å². The van der Waals surface area contributed by atoms with E-state index in [2.05, 4.69) is 38.5 Å². The summed E-state index contributed by atoms with van der Waals surface area (Å²) in [6.07, 6.45) is -12.1. The summed E-state index contributed by atoms with van der Waals surface area (Å²) in [4.78, 5) is 95.4. The SMILES string of the molecule is CCCCOCCOCCOCC[n+]1[nH]nc2c1-c1ccccc1CN(C(=O)CCC(=O)NCCOCCOCCOCCOCCC(=O)N[C@H](C(=O)C[C@@H](CCCNC(N)=O)C(=O)Nc1ccc(COC(=O)N(C)CCCS(=O)(=O)c3cccc(-c4ccc(C5CC(C(O)(C(F)(F)F)C(F)(F)F)=NN5c5c(Cl)cccc5Cl)cc4)c3)cc1)C(C)C)c1ccccc1-2. The lowest BCUT2D eigenvalue weighted by molar-refractivity contribution is -0.744. The van der Waals surface area contributed by atoms with Crippen molar-refractivity contribution in [1.29, 1.82) is 0 Å². The predicted molar refractivity (Wildman–Crippen MR) is 462 cm³/mol. The smallest absolute Gasteiger partial charge is 0.431 e. The van der Waals surface area contributed by atoms with Crippen LogP contribution in [0.2, 0.25) is 10.0 Å². The molecule has 39 heteroatoms. The number of Topliss-reactive ketones (excluding diaryl/α,β-unsaturated/α-hetero) is 1. The van der Waals surface area contributed by atoms with Gasteiger partial charge < -0.3 is 79.8 Å². The van der Waals surface area contributed by atoms with Gasteiger partial charge in [-0.2, -0.15) is 36.1 Å². The van der Waals surface area contributed by atoms with Gasteiger partial charge in [-0.15, -0.1) is 0 Å². The van der Waals surface area contributed by atoms with E-state index in [1.807, 2.05) is 53.2 Å². The number of hydrazone groups is 1. The third-order valence-electron chi connectivity index (χ3n) is 20.8. The molecular weight excluding hydrogens is 1730 g/mol. The number of ketones is 1. The van der Waals surface area contributed by atoms with E-state index >= 15 is 0 Å². The number of benzene rings is 6. The number of H-pyrrole nitrogens is 1. The van der Waals surface area contributed by atoms with Crippen LogP contribution in [0.5, 0.6) is 0 Å². The molecule has 2 aliphatic rings. The minimum atomic E-state index is -6.21. The number of nitrogens with zero attached hydrogens (tertiary/aromatic N) is 6. The average Bonchev–Trinajstić information content (AvgIpc) is 1.62. The van der Waals surface area contributed by atoms with Crippen molar-refractivity contribution in [3.05, 3.63) is 166 Å². The first-order valence-corrected chi connectivity index (χ1v) is 44.2. The number of ether oxygens (including phenoxy) is 8. The van der Waals surface area contributed by atoms with Crippen LogP contribution in [0.4, 0.5) is 53.0 Å². The highest BCUT2D eigenvalue weighted by atomic mass is 35.5. The average molecular weight is 1840 g/mol. The molecule has 0 spiro atoms. The molecule has 6 aromatic carbocycles. The van der Waals surface area contributed by atoms with Gasteiger partial charge >= 0.3 is 24.5 Å². The first kappa shape index (κ1) is 101. The number of primary amides is 1. The first-order valence-electron chi connectivity index (χ1n) is 41.8. The molecule has 0 aliphatic carbocycles. The van der Waals surface area contributed by atoms with E-state index in [9.17, 15) is 73.4 Å². The second-order valence-electron chi connectivity index (χ2n) is 30.4. The maximum absolute atomic E-state index is 14.1. The number of carbonyl (C=O) groups excluding carboxylic acids is 7. The number of aromatic amines is 1. The van der Waals surface area contributed by atoms with Crippen LogP contribution in [0, 0.1) is 11.8 Å². The largest absolute Gasteiger partial charge is 0.445 e. The van der Waals surface area contributed by atoms with Crippen LogP contribution in [0.1, 0.15) is 108 Å². The van der Waals surface area contributed by atoms with Crippen molar-refractivity contribution in [2.45, 2.75) is 140 Å². The van der Waals surface area contributed by atoms with Crippen LogP contribution in [0.15, 0.2) is 150 Å². The number of aromatic nitrogens is 3. The number of hydrogen-bond donors (Lipinski definition) is 7. The van der Waals surface area contributed by atoms with E-state index in [4.69, 9.17) is 71.9 Å². The number of nitrogens with two attached hydrogens (primary N) is 1. The van der Waals surface area contributed by atoms with E-state index in [1.165, 1.54) is 72.6 Å². The Kier molecular flexibility index (Phi) is 39.1. The molecule has 0 bridgehead atoms. The molecule has 690 valence electrons. The lowest BCUT2D eigenvalue weighted by atomic mass is 9.89. The summed E-state index contributed by atoms with van der Waals surface area (Å²) in [6.45, 7) is 11.3. The fraction of sp³-hybridized carbons (Fsp3) is 0.477. The summed E-state index contributed by atoms with van der Waals surface area (Å²) in [7, 11) is -2.57. The maximum Gasteiger partial charge on any atom is 0.431 e. The normalized spacial score (nSPS) is 13.9. The van der Waals surface area contributed by atoms with Crippen molar-refractivity contribution in [2.24, 2.45) is 22.7 Å². The Morgan fingerprint density at radius 3 is 1.91 bits per heavy atom. The van der Waals surface area contributed by atoms with Gasteiger partial charge in [-0.25, -0.2) is 18.0 Å². The Balaban J connectivity index is 0.625. The molecule has 0 fully saturated rings. The third kappa shape index (κ3) is 29.4. The molecule has 3 atom stereocenters. The summed E-state index contributed by atoms with van der Waals surface area (Å²) in [5, 5.41) is 33.3. The van der Waals surface area contributed by atoms with Gasteiger partial charge in [0.15, 0.2) is 15.6 Å². The zero-order valence-electron chi connectivity index (χ0n) is 71.1. The van der Waals surface area contributed by atoms with Crippen LogP contribution in [0.25, 0.3) is 33.6 Å². The number of aliphatic hydroxyl groups is 1. The molecule has 30 nitrogen and oxygen atoms in total. The number of urea groups is 1. The summed E-state index contributed by atoms with van der Waals surface area (Å²) >= 11 is 12.7. The fourth-order valence-corrected chi connectivity index (χ4v) is 15.9. The van der Waals surface area contributed by atoms with E-state index in [1.54, 1.807) is 49.1 Å². The number of sulfone groups is 1. The minimum Gasteiger partial charge on any atom is -0.445 e. The van der Waals surface area contributed by atoms with E-state index in [0.29, 0.717) is 73.3 Å². The predicted octanol–water partition coefficient (Wildman–Crippen LogP) is 12.5. The summed E-state index contributed by atoms with van der Waals surface area (Å²) < 4.78 is 159. The lowest BCUT2D eigenvalue weighted by Gasteiger charge is -2.32. The Morgan fingerprint density at radius 1 is 0.669 bits per heavy atom. The van der Waals surface area contributed by atoms with Gasteiger partial charge in [0.25, 0.3) is 11.3 Å². The highest BCUT2D eigenvalue weighted by Crippen LogP contribution is 2.51. The van der Waals surface area contributed by atoms with Gasteiger partial charge in [-0.05, 0) is 108 Å². The highest BCUT2D eigenvalue weighted by molar-refractivity contribution is 7.91. The van der Waals surface area contributed by atoms with E-state index in [-0.39, 0.29) is 175 Å². The van der Waals surface area contributed by atoms with Gasteiger partial charge in [0.2, 0.25) is 29.3 Å². The minimum absolute atomic E-state index is 0.0187. The molecule has 127 heavy (non-hydrogen) atoms. The standard InChI is InChI=1S/C88H108Cl2F6N12O18S/c1-5-6-39-119-43-47-123-50-46-122-42-38-107-81-68-19-8-7-15-65(68)57-106(72-23-10-9-20-69(72)80(81)102-104-107)78(112)33-32-76(110)98-36-41-121-45-49-125-52-51-124-48-44-120-40-34-77(111)101-79(59(2)3)74(109)55-64(17-13-35-99-84(97)114)83(113)100-66-30-24-60(25-31-66)58-126-85(115)105(4)37-14-53-127(117,118)67-18-11-16-63(54-67)61-26-28-62(29-27-61)73-56-75(86(116,87(91,92)93)88(94,95)96)103-108(73)82-70(89)21-12-22-71(82)90/h7-12,15-16,18-31,54,59,64,73,79,116H,5-6,13-14,17,32-53,55-58H2,1-4H3,(H6,97,98,99,100,101,110,111,113,114)/p+1/t64-,73?,79+/m1/s1. The number of alkyl halides is 6. The summed E-state index contributed by atoms with van der Waals surface area (Å²) in [5.41, 5.74) is 4.76.